The standard InChI is InChI=1S/C19H21N3O4S/c1-3-21(4-2)19(24)14-6-5-7-15(12-14)20-18(23)13-27-17-10-8-16(9-11-17)22(25)26/h5-12H,3-4,13H2,1-2H3,(H,20,23). The number of rotatable bonds is 8. The number of anilines is 1. The number of nitrogens with one attached hydrogen (secondary N) is 1. The van der Waals surface area contributed by atoms with E-state index in [0.29, 0.717) is 24.3 Å². The first-order valence-corrected chi connectivity index (χ1v) is 9.49. The number of carbonyl (C=O) groups excluding carboxylic acids is 2. The molecule has 2 amide bonds. The third-order valence-corrected chi connectivity index (χ3v) is 4.87. The number of hydrogen-bond acceptors (Lipinski definition) is 5. The van der Waals surface area contributed by atoms with Crippen molar-refractivity contribution in [3.63, 3.8) is 0 Å². The third-order valence-electron chi connectivity index (χ3n) is 3.86. The third kappa shape index (κ3) is 5.82. The molecular weight excluding hydrogens is 366 g/mol. The molecule has 2 aromatic rings. The minimum absolute atomic E-state index is 0.0125. The Kier molecular flexibility index (Phi) is 7.36. The van der Waals surface area contributed by atoms with Gasteiger partial charge in [0.1, 0.15) is 0 Å². The smallest absolute Gasteiger partial charge is 0.269 e. The normalized spacial score (nSPS) is 10.3. The highest BCUT2D eigenvalue weighted by atomic mass is 32.2. The van der Waals surface area contributed by atoms with E-state index in [-0.39, 0.29) is 23.3 Å². The lowest BCUT2D eigenvalue weighted by molar-refractivity contribution is -0.384. The van der Waals surface area contributed by atoms with Gasteiger partial charge in [-0.2, -0.15) is 0 Å². The van der Waals surface area contributed by atoms with Gasteiger partial charge in [0.15, 0.2) is 0 Å². The molecule has 0 radical (unpaired) electrons. The topological polar surface area (TPSA) is 92.6 Å². The van der Waals surface area contributed by atoms with E-state index < -0.39 is 4.92 Å². The van der Waals surface area contributed by atoms with Crippen LogP contribution in [0.3, 0.4) is 0 Å². The molecule has 0 aliphatic heterocycles. The zero-order valence-corrected chi connectivity index (χ0v) is 16.0. The van der Waals surface area contributed by atoms with Crippen LogP contribution in [-0.4, -0.2) is 40.5 Å². The average molecular weight is 387 g/mol. The van der Waals surface area contributed by atoms with Crippen molar-refractivity contribution in [3.05, 3.63) is 64.2 Å². The molecule has 142 valence electrons. The lowest BCUT2D eigenvalue weighted by Crippen LogP contribution is -2.30. The van der Waals surface area contributed by atoms with E-state index in [0.717, 1.165) is 4.90 Å². The van der Waals surface area contributed by atoms with Crippen molar-refractivity contribution >= 4 is 35.0 Å². The van der Waals surface area contributed by atoms with Crippen molar-refractivity contribution in [3.8, 4) is 0 Å². The zero-order chi connectivity index (χ0) is 19.8. The molecule has 0 aliphatic rings. The summed E-state index contributed by atoms with van der Waals surface area (Å²) < 4.78 is 0. The van der Waals surface area contributed by atoms with Crippen molar-refractivity contribution in [1.82, 2.24) is 4.90 Å². The van der Waals surface area contributed by atoms with Crippen LogP contribution in [0.2, 0.25) is 0 Å². The van der Waals surface area contributed by atoms with Crippen LogP contribution in [0.1, 0.15) is 24.2 Å². The fraction of sp³-hybridized carbons (Fsp3) is 0.263. The maximum atomic E-state index is 12.4. The molecule has 27 heavy (non-hydrogen) atoms. The molecule has 0 fully saturated rings. The van der Waals surface area contributed by atoms with E-state index in [2.05, 4.69) is 5.32 Å². The Hall–Kier alpha value is -2.87. The predicted molar refractivity (Wildman–Crippen MR) is 106 cm³/mol. The molecule has 0 unspecified atom stereocenters. The Morgan fingerprint density at radius 1 is 1.11 bits per heavy atom. The van der Waals surface area contributed by atoms with Crippen molar-refractivity contribution in [1.29, 1.82) is 0 Å². The molecule has 0 heterocycles. The van der Waals surface area contributed by atoms with Gasteiger partial charge in [0.25, 0.3) is 11.6 Å². The summed E-state index contributed by atoms with van der Waals surface area (Å²) in [5.74, 6) is -0.131. The van der Waals surface area contributed by atoms with Gasteiger partial charge in [0.2, 0.25) is 5.91 Å². The van der Waals surface area contributed by atoms with Crippen LogP contribution in [-0.2, 0) is 4.79 Å². The lowest BCUT2D eigenvalue weighted by Gasteiger charge is -2.19. The summed E-state index contributed by atoms with van der Waals surface area (Å²) in [6.45, 7) is 5.08. The Labute approximate surface area is 161 Å². The van der Waals surface area contributed by atoms with Crippen LogP contribution >= 0.6 is 11.8 Å². The molecular formula is C19H21N3O4S. The lowest BCUT2D eigenvalue weighted by atomic mass is 10.1. The summed E-state index contributed by atoms with van der Waals surface area (Å²) in [5, 5.41) is 13.4. The maximum absolute atomic E-state index is 12.4. The highest BCUT2D eigenvalue weighted by Gasteiger charge is 2.13. The Morgan fingerprint density at radius 2 is 1.78 bits per heavy atom. The Morgan fingerprint density at radius 3 is 2.37 bits per heavy atom. The fourth-order valence-electron chi connectivity index (χ4n) is 2.43. The number of nitro groups is 1. The second-order valence-electron chi connectivity index (χ2n) is 5.65. The van der Waals surface area contributed by atoms with E-state index in [1.807, 2.05) is 13.8 Å². The minimum Gasteiger partial charge on any atom is -0.339 e. The van der Waals surface area contributed by atoms with Gasteiger partial charge >= 0.3 is 0 Å². The van der Waals surface area contributed by atoms with Crippen molar-refractivity contribution in [2.45, 2.75) is 18.7 Å². The largest absolute Gasteiger partial charge is 0.339 e. The van der Waals surface area contributed by atoms with Gasteiger partial charge in [-0.1, -0.05) is 6.07 Å². The quantitative estimate of drug-likeness (QED) is 0.422. The number of thioether (sulfide) groups is 1. The van der Waals surface area contributed by atoms with Crippen molar-refractivity contribution in [2.24, 2.45) is 0 Å². The van der Waals surface area contributed by atoms with Crippen LogP contribution < -0.4 is 5.32 Å². The van der Waals surface area contributed by atoms with E-state index in [4.69, 9.17) is 0 Å². The highest BCUT2D eigenvalue weighted by Crippen LogP contribution is 2.22. The highest BCUT2D eigenvalue weighted by molar-refractivity contribution is 8.00. The molecule has 0 atom stereocenters. The van der Waals surface area contributed by atoms with Crippen LogP contribution in [0.25, 0.3) is 0 Å². The van der Waals surface area contributed by atoms with Gasteiger partial charge in [0, 0.05) is 41.4 Å². The van der Waals surface area contributed by atoms with E-state index in [1.54, 1.807) is 41.3 Å². The van der Waals surface area contributed by atoms with E-state index in [1.165, 1.54) is 23.9 Å². The van der Waals surface area contributed by atoms with Gasteiger partial charge in [-0.3, -0.25) is 19.7 Å². The monoisotopic (exact) mass is 387 g/mol. The van der Waals surface area contributed by atoms with Gasteiger partial charge in [0.05, 0.1) is 10.7 Å². The summed E-state index contributed by atoms with van der Waals surface area (Å²) in [7, 11) is 0. The van der Waals surface area contributed by atoms with Crippen LogP contribution in [0.5, 0.6) is 0 Å². The number of nitrogens with zero attached hydrogens (tertiary/aromatic N) is 2. The van der Waals surface area contributed by atoms with Crippen LogP contribution in [0, 0.1) is 10.1 Å². The fourth-order valence-corrected chi connectivity index (χ4v) is 3.13. The van der Waals surface area contributed by atoms with Gasteiger partial charge in [-0.25, -0.2) is 0 Å². The second kappa shape index (κ2) is 9.72. The zero-order valence-electron chi connectivity index (χ0n) is 15.2. The average Bonchev–Trinajstić information content (AvgIpc) is 2.67. The van der Waals surface area contributed by atoms with Gasteiger partial charge in [-0.15, -0.1) is 11.8 Å². The van der Waals surface area contributed by atoms with Crippen molar-refractivity contribution in [2.75, 3.05) is 24.2 Å². The molecule has 0 saturated carbocycles. The molecule has 0 bridgehead atoms. The van der Waals surface area contributed by atoms with Crippen LogP contribution in [0.4, 0.5) is 11.4 Å². The van der Waals surface area contributed by atoms with Gasteiger partial charge in [-0.05, 0) is 44.2 Å². The van der Waals surface area contributed by atoms with Gasteiger partial charge < -0.3 is 10.2 Å². The summed E-state index contributed by atoms with van der Waals surface area (Å²) in [4.78, 5) is 37.2. The number of nitro benzene ring substituents is 1. The molecule has 8 heteroatoms. The number of non-ortho nitro benzene ring substituents is 1. The minimum atomic E-state index is -0.465. The Bertz CT molecular complexity index is 820. The van der Waals surface area contributed by atoms with E-state index in [9.17, 15) is 19.7 Å². The summed E-state index contributed by atoms with van der Waals surface area (Å²) >= 11 is 1.28. The van der Waals surface area contributed by atoms with E-state index >= 15 is 0 Å². The Balaban J connectivity index is 1.94. The number of hydrogen-bond donors (Lipinski definition) is 1. The predicted octanol–water partition coefficient (Wildman–Crippen LogP) is 3.81. The SMILES string of the molecule is CCN(CC)C(=O)c1cccc(NC(=O)CSc2ccc([N+](=O)[O-])cc2)c1. The molecule has 0 saturated heterocycles. The van der Waals surface area contributed by atoms with Crippen molar-refractivity contribution < 1.29 is 14.5 Å². The first-order valence-electron chi connectivity index (χ1n) is 8.51. The molecule has 1 N–H and O–H groups in total. The first-order chi connectivity index (χ1) is 12.9. The second-order valence-corrected chi connectivity index (χ2v) is 6.69. The molecule has 0 aliphatic carbocycles. The number of benzene rings is 2. The first kappa shape index (κ1) is 20.4. The van der Waals surface area contributed by atoms with Crippen LogP contribution in [0.15, 0.2) is 53.4 Å². The summed E-state index contributed by atoms with van der Waals surface area (Å²) in [5.41, 5.74) is 1.10. The maximum Gasteiger partial charge on any atom is 0.269 e. The summed E-state index contributed by atoms with van der Waals surface area (Å²) in [6.07, 6.45) is 0. The molecule has 7 nitrogen and oxygen atoms in total. The molecule has 0 spiro atoms. The summed E-state index contributed by atoms with van der Waals surface area (Å²) in [6, 6.07) is 12.9. The molecule has 2 aromatic carbocycles. The number of amides is 2. The molecule has 0 aromatic heterocycles. The molecule has 2 rings (SSSR count). The number of carbonyl (C=O) groups is 2.